The topological polar surface area (TPSA) is 65.9 Å². The van der Waals surface area contributed by atoms with Gasteiger partial charge in [0.25, 0.3) is 5.91 Å². The fourth-order valence-electron chi connectivity index (χ4n) is 5.24. The number of rotatable bonds is 7. The maximum absolute atomic E-state index is 13.6. The lowest BCUT2D eigenvalue weighted by atomic mass is 9.98. The monoisotopic (exact) mass is 465 g/mol. The van der Waals surface area contributed by atoms with Crippen molar-refractivity contribution in [3.63, 3.8) is 0 Å². The fraction of sp³-hybridized carbons (Fsp3) is 0.571. The van der Waals surface area contributed by atoms with Crippen LogP contribution in [0.1, 0.15) is 55.5 Å². The number of carbonyl (C=O) groups is 1. The Morgan fingerprint density at radius 2 is 1.88 bits per heavy atom. The molecule has 4 rings (SSSR count). The van der Waals surface area contributed by atoms with Gasteiger partial charge in [0, 0.05) is 37.3 Å². The Bertz CT molecular complexity index is 971. The highest BCUT2D eigenvalue weighted by atomic mass is 16.5. The third-order valence-corrected chi connectivity index (χ3v) is 7.44. The van der Waals surface area contributed by atoms with E-state index in [4.69, 9.17) is 4.74 Å². The van der Waals surface area contributed by atoms with E-state index in [0.29, 0.717) is 18.0 Å². The molecule has 1 fully saturated rings. The summed E-state index contributed by atoms with van der Waals surface area (Å²) in [5.41, 5.74) is 3.55. The van der Waals surface area contributed by atoms with Crippen LogP contribution in [-0.4, -0.2) is 71.2 Å². The van der Waals surface area contributed by atoms with E-state index >= 15 is 0 Å². The van der Waals surface area contributed by atoms with Crippen LogP contribution < -0.4 is 4.74 Å². The van der Waals surface area contributed by atoms with Gasteiger partial charge < -0.3 is 19.6 Å². The van der Waals surface area contributed by atoms with Gasteiger partial charge in [0.05, 0.1) is 12.6 Å². The summed E-state index contributed by atoms with van der Waals surface area (Å²) in [5, 5.41) is 9.88. The highest BCUT2D eigenvalue weighted by Gasteiger charge is 2.34. The largest absolute Gasteiger partial charge is 0.472 e. The maximum Gasteiger partial charge on any atom is 0.259 e. The Hall–Kier alpha value is -2.44. The average Bonchev–Trinajstić information content (AvgIpc) is 3.34. The minimum Gasteiger partial charge on any atom is -0.472 e. The van der Waals surface area contributed by atoms with Gasteiger partial charge in [-0.3, -0.25) is 4.79 Å². The summed E-state index contributed by atoms with van der Waals surface area (Å²) in [6.45, 7) is 8.40. The van der Waals surface area contributed by atoms with Gasteiger partial charge in [0.15, 0.2) is 0 Å². The molecule has 0 saturated heterocycles. The second-order valence-corrected chi connectivity index (χ2v) is 10.4. The molecular formula is C28H39N3O3. The first-order valence-corrected chi connectivity index (χ1v) is 12.7. The molecule has 0 spiro atoms. The molecule has 2 heterocycles. The maximum atomic E-state index is 13.6. The normalized spacial score (nSPS) is 22.3. The first kappa shape index (κ1) is 24.7. The first-order valence-electron chi connectivity index (χ1n) is 12.7. The number of aromatic nitrogens is 1. The molecule has 1 amide bonds. The molecule has 1 aromatic heterocycles. The predicted octanol–water partition coefficient (Wildman–Crippen LogP) is 4.40. The Morgan fingerprint density at radius 1 is 1.18 bits per heavy atom. The van der Waals surface area contributed by atoms with Crippen LogP contribution in [0.4, 0.5) is 0 Å². The number of aryl methyl sites for hydroxylation is 1. The molecule has 1 saturated carbocycles. The molecule has 2 aliphatic rings. The van der Waals surface area contributed by atoms with E-state index in [-0.39, 0.29) is 30.6 Å². The lowest BCUT2D eigenvalue weighted by Crippen LogP contribution is -2.50. The van der Waals surface area contributed by atoms with Crippen LogP contribution in [0, 0.1) is 18.8 Å². The summed E-state index contributed by atoms with van der Waals surface area (Å²) in [6.07, 6.45) is 7.01. The van der Waals surface area contributed by atoms with Crippen molar-refractivity contribution in [2.24, 2.45) is 11.8 Å². The van der Waals surface area contributed by atoms with E-state index in [0.717, 1.165) is 30.1 Å². The first-order chi connectivity index (χ1) is 16.4. The zero-order valence-electron chi connectivity index (χ0n) is 21.0. The Balaban J connectivity index is 1.64. The lowest BCUT2D eigenvalue weighted by Gasteiger charge is -2.38. The summed E-state index contributed by atoms with van der Waals surface area (Å²) in [5.74, 6) is 1.13. The third-order valence-electron chi connectivity index (χ3n) is 7.44. The Kier molecular flexibility index (Phi) is 7.89. The van der Waals surface area contributed by atoms with Crippen molar-refractivity contribution in [3.8, 4) is 17.0 Å². The van der Waals surface area contributed by atoms with Gasteiger partial charge in [0.2, 0.25) is 5.88 Å². The molecule has 0 radical (unpaired) electrons. The van der Waals surface area contributed by atoms with Crippen molar-refractivity contribution in [1.29, 1.82) is 0 Å². The van der Waals surface area contributed by atoms with E-state index in [1.54, 1.807) is 11.1 Å². The van der Waals surface area contributed by atoms with Crippen molar-refractivity contribution in [2.75, 3.05) is 33.3 Å². The van der Waals surface area contributed by atoms with E-state index < -0.39 is 0 Å². The van der Waals surface area contributed by atoms with E-state index in [1.807, 2.05) is 25.1 Å². The molecule has 1 aliphatic carbocycles. The molecule has 1 N–H and O–H groups in total. The minimum atomic E-state index is -0.277. The zero-order valence-corrected chi connectivity index (χ0v) is 21.0. The molecule has 184 valence electrons. The van der Waals surface area contributed by atoms with Crippen molar-refractivity contribution in [1.82, 2.24) is 14.8 Å². The van der Waals surface area contributed by atoms with E-state index in [1.165, 1.54) is 31.2 Å². The molecule has 3 atom stereocenters. The molecule has 1 aromatic carbocycles. The van der Waals surface area contributed by atoms with Gasteiger partial charge in [-0.15, -0.1) is 0 Å². The Labute approximate surface area is 203 Å². The Morgan fingerprint density at radius 3 is 2.56 bits per heavy atom. The number of carbonyl (C=O) groups excluding carboxylic acids is 1. The number of aliphatic hydroxyl groups is 1. The van der Waals surface area contributed by atoms with Crippen LogP contribution in [0.15, 0.2) is 36.5 Å². The molecule has 1 aliphatic heterocycles. The van der Waals surface area contributed by atoms with Gasteiger partial charge in [-0.25, -0.2) is 4.98 Å². The predicted molar refractivity (Wildman–Crippen MR) is 135 cm³/mol. The quantitative estimate of drug-likeness (QED) is 0.657. The van der Waals surface area contributed by atoms with Crippen LogP contribution >= 0.6 is 0 Å². The van der Waals surface area contributed by atoms with Gasteiger partial charge in [0.1, 0.15) is 11.7 Å². The van der Waals surface area contributed by atoms with Crippen LogP contribution in [0.5, 0.6) is 5.88 Å². The highest BCUT2D eigenvalue weighted by Crippen LogP contribution is 2.31. The van der Waals surface area contributed by atoms with Crippen molar-refractivity contribution in [2.45, 2.75) is 58.6 Å². The lowest BCUT2D eigenvalue weighted by molar-refractivity contribution is 0.0320. The number of hydrogen-bond acceptors (Lipinski definition) is 5. The second-order valence-electron chi connectivity index (χ2n) is 10.4. The van der Waals surface area contributed by atoms with Crippen LogP contribution in [-0.2, 0) is 0 Å². The molecule has 6 nitrogen and oxygen atoms in total. The average molecular weight is 466 g/mol. The van der Waals surface area contributed by atoms with E-state index in [2.05, 4.69) is 42.9 Å². The van der Waals surface area contributed by atoms with Crippen molar-refractivity contribution >= 4 is 5.91 Å². The standard InChI is InChI=1S/C28H39N3O3/c1-19-9-11-23(12-10-19)24-13-25-27(29-14-24)34-26(17-30(4)16-22-7-5-6-8-22)20(2)15-31(28(25)33)21(3)18-32/h9-14,20-22,26,32H,5-8,15-18H2,1-4H3/t20-,21-,26-/m1/s1. The third kappa shape index (κ3) is 5.61. The van der Waals surface area contributed by atoms with Crippen LogP contribution in [0.3, 0.4) is 0 Å². The summed E-state index contributed by atoms with van der Waals surface area (Å²) < 4.78 is 6.46. The molecule has 0 unspecified atom stereocenters. The van der Waals surface area contributed by atoms with Crippen molar-refractivity contribution in [3.05, 3.63) is 47.7 Å². The molecule has 0 bridgehead atoms. The molecule has 34 heavy (non-hydrogen) atoms. The van der Waals surface area contributed by atoms with Gasteiger partial charge >= 0.3 is 0 Å². The number of fused-ring (bicyclic) bond motifs is 1. The molecule has 6 heteroatoms. The van der Waals surface area contributed by atoms with Crippen molar-refractivity contribution < 1.29 is 14.6 Å². The minimum absolute atomic E-state index is 0.0774. The number of benzene rings is 1. The van der Waals surface area contributed by atoms with Crippen LogP contribution in [0.2, 0.25) is 0 Å². The number of amides is 1. The highest BCUT2D eigenvalue weighted by molar-refractivity contribution is 5.98. The number of pyridine rings is 1. The summed E-state index contributed by atoms with van der Waals surface area (Å²) >= 11 is 0. The zero-order chi connectivity index (χ0) is 24.2. The van der Waals surface area contributed by atoms with Gasteiger partial charge in [-0.05, 0) is 51.3 Å². The van der Waals surface area contributed by atoms with Crippen LogP contribution in [0.25, 0.3) is 11.1 Å². The fourth-order valence-corrected chi connectivity index (χ4v) is 5.24. The summed E-state index contributed by atoms with van der Waals surface area (Å²) in [4.78, 5) is 22.4. The molecular weight excluding hydrogens is 426 g/mol. The second kappa shape index (κ2) is 10.9. The summed E-state index contributed by atoms with van der Waals surface area (Å²) in [7, 11) is 2.17. The van der Waals surface area contributed by atoms with Gasteiger partial charge in [-0.1, -0.05) is 49.6 Å². The smallest absolute Gasteiger partial charge is 0.259 e. The number of ether oxygens (including phenoxy) is 1. The number of likely N-dealkylation sites (N-methyl/N-ethyl adjacent to an activating group) is 1. The number of nitrogens with zero attached hydrogens (tertiary/aromatic N) is 3. The molecule has 2 aromatic rings. The number of aliphatic hydroxyl groups excluding tert-OH is 1. The van der Waals surface area contributed by atoms with E-state index in [9.17, 15) is 9.90 Å². The number of hydrogen-bond donors (Lipinski definition) is 1. The summed E-state index contributed by atoms with van der Waals surface area (Å²) in [6, 6.07) is 9.82. The van der Waals surface area contributed by atoms with Gasteiger partial charge in [-0.2, -0.15) is 0 Å². The SMILES string of the molecule is Cc1ccc(-c2cnc3c(c2)C(=O)N([C@H](C)CO)C[C@@H](C)[C@@H](CN(C)CC2CCCC2)O3)cc1.